The van der Waals surface area contributed by atoms with Crippen LogP contribution in [0.3, 0.4) is 0 Å². The molecule has 1 aromatic carbocycles. The molecule has 278 valence electrons. The van der Waals surface area contributed by atoms with Gasteiger partial charge in [0.25, 0.3) is 0 Å². The van der Waals surface area contributed by atoms with Crippen molar-refractivity contribution in [2.24, 2.45) is 50.2 Å². The van der Waals surface area contributed by atoms with E-state index in [4.69, 9.17) is 9.47 Å². The Balaban J connectivity index is 1.29. The second-order valence-corrected chi connectivity index (χ2v) is 17.9. The molecule has 0 heterocycles. The molecular weight excluding hydrogens is 632 g/mol. The highest BCUT2D eigenvalue weighted by atomic mass is 16.5. The number of anilines is 1. The normalized spacial score (nSPS) is 43.6. The van der Waals surface area contributed by atoms with Gasteiger partial charge in [0.05, 0.1) is 49.6 Å². The number of ether oxygens (including phenoxy) is 2. The number of rotatable bonds is 9. The summed E-state index contributed by atoms with van der Waals surface area (Å²) in [4.78, 5) is 27.8. The number of methoxy groups -OCH3 is 2. The lowest BCUT2D eigenvalue weighted by molar-refractivity contribution is -0.243. The number of benzene rings is 1. The van der Waals surface area contributed by atoms with E-state index in [2.05, 4.69) is 37.5 Å². The molecule has 0 aliphatic heterocycles. The molecule has 5 aliphatic rings. The van der Waals surface area contributed by atoms with Crippen LogP contribution < -0.4 is 15.4 Å². The monoisotopic (exact) mass is 694 g/mol. The third kappa shape index (κ3) is 5.34. The molecule has 0 spiro atoms. The van der Waals surface area contributed by atoms with E-state index in [0.29, 0.717) is 38.8 Å². The predicted molar refractivity (Wildman–Crippen MR) is 193 cm³/mol. The topological polar surface area (TPSA) is 137 Å². The zero-order chi connectivity index (χ0) is 36.3. The molecule has 0 radical (unpaired) electrons. The largest absolute Gasteiger partial charge is 0.495 e. The molecule has 11 atom stereocenters. The summed E-state index contributed by atoms with van der Waals surface area (Å²) in [6.45, 7) is 12.2. The van der Waals surface area contributed by atoms with Crippen molar-refractivity contribution in [2.45, 2.75) is 111 Å². The van der Waals surface area contributed by atoms with Gasteiger partial charge in [-0.15, -0.1) is 0 Å². The lowest BCUT2D eigenvalue weighted by Crippen LogP contribution is -2.68. The SMILES string of the molecule is COC(=O)[C@@]1(C)CC[C@]2(C(=O)NCCCNc3ccccc3OC)CC[C@]3(C)C(=CCC4[C@@]5(C)C[C@H](O)[C@H](O)[C@@](C)(CO)C5CC[C@]43C)C2C1. The third-order valence-electron chi connectivity index (χ3n) is 15.7. The first-order chi connectivity index (χ1) is 23.6. The summed E-state index contributed by atoms with van der Waals surface area (Å²) < 4.78 is 10.8. The zero-order valence-electron chi connectivity index (χ0n) is 31.4. The van der Waals surface area contributed by atoms with Crippen molar-refractivity contribution in [3.8, 4) is 5.75 Å². The molecule has 6 rings (SSSR count). The number of esters is 1. The Morgan fingerprint density at radius 3 is 2.34 bits per heavy atom. The fourth-order valence-corrected chi connectivity index (χ4v) is 12.5. The highest BCUT2D eigenvalue weighted by Gasteiger charge is 2.71. The minimum absolute atomic E-state index is 0.0817. The summed E-state index contributed by atoms with van der Waals surface area (Å²) in [7, 11) is 3.12. The number of hydrogen-bond acceptors (Lipinski definition) is 8. The zero-order valence-corrected chi connectivity index (χ0v) is 31.4. The number of allylic oxidation sites excluding steroid dienone is 2. The number of aliphatic hydroxyl groups is 3. The van der Waals surface area contributed by atoms with Crippen molar-refractivity contribution in [2.75, 3.05) is 39.2 Å². The van der Waals surface area contributed by atoms with Crippen LogP contribution in [0.1, 0.15) is 98.8 Å². The summed E-state index contributed by atoms with van der Waals surface area (Å²) in [5, 5.41) is 39.7. The van der Waals surface area contributed by atoms with Crippen LogP contribution in [0.2, 0.25) is 0 Å². The molecule has 50 heavy (non-hydrogen) atoms. The summed E-state index contributed by atoms with van der Waals surface area (Å²) in [5.41, 5.74) is -0.380. The molecule has 4 fully saturated rings. The quantitative estimate of drug-likeness (QED) is 0.123. The van der Waals surface area contributed by atoms with Gasteiger partial charge in [0.2, 0.25) is 5.91 Å². The number of hydrogen-bond donors (Lipinski definition) is 5. The number of aliphatic hydroxyl groups excluding tert-OH is 3. The number of fused-ring (bicyclic) bond motifs is 7. The number of nitrogens with one attached hydrogen (secondary N) is 2. The molecule has 0 bridgehead atoms. The summed E-state index contributed by atoms with van der Waals surface area (Å²) >= 11 is 0. The molecule has 4 saturated carbocycles. The van der Waals surface area contributed by atoms with E-state index in [-0.39, 0.29) is 52.5 Å². The van der Waals surface area contributed by atoms with E-state index >= 15 is 0 Å². The molecule has 5 N–H and O–H groups in total. The Labute approximate surface area is 299 Å². The van der Waals surface area contributed by atoms with Crippen molar-refractivity contribution < 1.29 is 34.4 Å². The molecule has 0 saturated heterocycles. The van der Waals surface area contributed by atoms with Gasteiger partial charge in [0, 0.05) is 18.5 Å². The lowest BCUT2D eigenvalue weighted by atomic mass is 9.33. The second kappa shape index (κ2) is 13.1. The fourth-order valence-electron chi connectivity index (χ4n) is 12.5. The van der Waals surface area contributed by atoms with Crippen molar-refractivity contribution in [1.29, 1.82) is 0 Å². The van der Waals surface area contributed by atoms with Crippen LogP contribution in [0.4, 0.5) is 5.69 Å². The van der Waals surface area contributed by atoms with E-state index in [9.17, 15) is 24.9 Å². The van der Waals surface area contributed by atoms with Crippen molar-refractivity contribution in [3.63, 3.8) is 0 Å². The number of carbonyl (C=O) groups is 2. The van der Waals surface area contributed by atoms with Crippen LogP contribution in [0.15, 0.2) is 35.9 Å². The highest BCUT2D eigenvalue weighted by molar-refractivity contribution is 5.85. The number of carbonyl (C=O) groups excluding carboxylic acids is 2. The van der Waals surface area contributed by atoms with Gasteiger partial charge in [0.15, 0.2) is 0 Å². The maximum atomic E-state index is 14.5. The van der Waals surface area contributed by atoms with Gasteiger partial charge < -0.3 is 35.4 Å². The fraction of sp³-hybridized carbons (Fsp3) is 0.756. The van der Waals surface area contributed by atoms with E-state index in [1.165, 1.54) is 12.7 Å². The first-order valence-corrected chi connectivity index (χ1v) is 19.0. The maximum absolute atomic E-state index is 14.5. The molecule has 9 heteroatoms. The molecule has 3 unspecified atom stereocenters. The lowest BCUT2D eigenvalue weighted by Gasteiger charge is -2.71. The Hall–Kier alpha value is -2.62. The van der Waals surface area contributed by atoms with Gasteiger partial charge in [0.1, 0.15) is 5.75 Å². The van der Waals surface area contributed by atoms with Gasteiger partial charge in [-0.2, -0.15) is 0 Å². The minimum Gasteiger partial charge on any atom is -0.495 e. The van der Waals surface area contributed by atoms with E-state index in [0.717, 1.165) is 50.0 Å². The first kappa shape index (κ1) is 37.1. The standard InChI is InChI=1S/C41H62N2O7/c1-36(35(48)50-7)17-19-41(34(47)43-22-10-21-42-28-11-8-9-12-30(28)49-6)20-18-39(4)26(27(41)23-36)13-14-32-37(2)24-29(45)33(46)38(3,25-44)31(37)15-16-40(32,39)5/h8-9,11-13,27,29,31-33,42,44-46H,10,14-25H2,1-7H3,(H,43,47)/t27?,29-,31?,32?,33-,36-,37-,38-,39+,40+,41-/m0/s1. The Kier molecular flexibility index (Phi) is 9.73. The third-order valence-corrected chi connectivity index (χ3v) is 15.7. The average Bonchev–Trinajstić information content (AvgIpc) is 3.10. The predicted octanol–water partition coefficient (Wildman–Crippen LogP) is 5.87. The summed E-state index contributed by atoms with van der Waals surface area (Å²) in [6, 6.07) is 7.82. The number of amides is 1. The average molecular weight is 695 g/mol. The van der Waals surface area contributed by atoms with Gasteiger partial charge >= 0.3 is 5.97 Å². The van der Waals surface area contributed by atoms with Gasteiger partial charge in [-0.3, -0.25) is 9.59 Å². The first-order valence-electron chi connectivity index (χ1n) is 19.0. The van der Waals surface area contributed by atoms with Crippen molar-refractivity contribution in [3.05, 3.63) is 35.9 Å². The Morgan fingerprint density at radius 1 is 0.920 bits per heavy atom. The molecular formula is C41H62N2O7. The van der Waals surface area contributed by atoms with E-state index in [1.807, 2.05) is 38.1 Å². The van der Waals surface area contributed by atoms with Crippen molar-refractivity contribution in [1.82, 2.24) is 5.32 Å². The summed E-state index contributed by atoms with van der Waals surface area (Å²) in [6.07, 6.45) is 7.95. The van der Waals surface area contributed by atoms with Crippen LogP contribution in [0, 0.1) is 50.2 Å². The van der Waals surface area contributed by atoms with Gasteiger partial charge in [-0.05, 0) is 117 Å². The van der Waals surface area contributed by atoms with Crippen LogP contribution in [0.25, 0.3) is 0 Å². The molecule has 5 aliphatic carbocycles. The smallest absolute Gasteiger partial charge is 0.311 e. The molecule has 1 aromatic rings. The highest BCUT2D eigenvalue weighted by Crippen LogP contribution is 2.75. The van der Waals surface area contributed by atoms with Crippen LogP contribution in [-0.4, -0.2) is 73.3 Å². The minimum atomic E-state index is -0.954. The maximum Gasteiger partial charge on any atom is 0.311 e. The van der Waals surface area contributed by atoms with Crippen LogP contribution >= 0.6 is 0 Å². The van der Waals surface area contributed by atoms with E-state index < -0.39 is 28.5 Å². The van der Waals surface area contributed by atoms with Crippen LogP contribution in [-0.2, 0) is 14.3 Å². The Morgan fingerprint density at radius 2 is 1.64 bits per heavy atom. The summed E-state index contributed by atoms with van der Waals surface area (Å²) in [5.74, 6) is 0.920. The molecule has 0 aromatic heterocycles. The van der Waals surface area contributed by atoms with E-state index in [1.54, 1.807) is 7.11 Å². The van der Waals surface area contributed by atoms with Crippen molar-refractivity contribution >= 4 is 17.6 Å². The van der Waals surface area contributed by atoms with Gasteiger partial charge in [-0.1, -0.05) is 51.5 Å². The molecule has 9 nitrogen and oxygen atoms in total. The Bertz CT molecular complexity index is 1500. The number of para-hydroxylation sites is 2. The van der Waals surface area contributed by atoms with Crippen LogP contribution in [0.5, 0.6) is 5.75 Å². The second-order valence-electron chi connectivity index (χ2n) is 17.9. The van der Waals surface area contributed by atoms with Gasteiger partial charge in [-0.25, -0.2) is 0 Å². The molecule has 1 amide bonds.